The summed E-state index contributed by atoms with van der Waals surface area (Å²) in [4.78, 5) is 10.3. The molecule has 0 bridgehead atoms. The van der Waals surface area contributed by atoms with Gasteiger partial charge in [-0.1, -0.05) is 27.2 Å². The minimum atomic E-state index is -0.776. The van der Waals surface area contributed by atoms with E-state index in [0.29, 0.717) is 0 Å². The fraction of sp³-hybridized carbons (Fsp3) is 0.889. The van der Waals surface area contributed by atoms with E-state index in [9.17, 15) is 4.79 Å². The van der Waals surface area contributed by atoms with Gasteiger partial charge >= 0.3 is 5.97 Å². The van der Waals surface area contributed by atoms with E-state index in [4.69, 9.17) is 5.11 Å². The third-order valence-electron chi connectivity index (χ3n) is 1.60. The van der Waals surface area contributed by atoms with Gasteiger partial charge in [0.1, 0.15) is 6.04 Å². The number of hydrogen-bond donors (Lipinski definition) is 2. The zero-order valence-corrected chi connectivity index (χ0v) is 7.26. The van der Waals surface area contributed by atoms with Crippen LogP contribution in [0.15, 0.2) is 0 Å². The van der Waals surface area contributed by atoms with Crippen molar-refractivity contribution < 1.29 is 9.90 Å². The Balaban J connectivity index is 0. The molecule has 0 aromatic rings. The van der Waals surface area contributed by atoms with Crippen LogP contribution in [0.1, 0.15) is 40.5 Å². The highest BCUT2D eigenvalue weighted by molar-refractivity contribution is 5.72. The van der Waals surface area contributed by atoms with Crippen LogP contribution in [0.2, 0.25) is 0 Å². The standard InChI is InChI=1S/C8H17NO2.CH4/c1-3-4-5-6-9-7(2)8(10)11;/h7,9H,3-6H2,1-2H3,(H,10,11);1H4. The van der Waals surface area contributed by atoms with Crippen molar-refractivity contribution in [2.45, 2.75) is 46.6 Å². The molecule has 0 rings (SSSR count). The SMILES string of the molecule is C.CCCCCNC(C)C(=O)O. The summed E-state index contributed by atoms with van der Waals surface area (Å²) in [5, 5.41) is 11.4. The maximum Gasteiger partial charge on any atom is 0.320 e. The summed E-state index contributed by atoms with van der Waals surface area (Å²) in [6.07, 6.45) is 3.40. The molecule has 0 spiro atoms. The fourth-order valence-corrected chi connectivity index (χ4v) is 0.781. The van der Waals surface area contributed by atoms with Gasteiger partial charge in [-0.05, 0) is 19.9 Å². The van der Waals surface area contributed by atoms with Gasteiger partial charge in [-0.3, -0.25) is 4.79 Å². The molecule has 0 aliphatic rings. The third-order valence-corrected chi connectivity index (χ3v) is 1.60. The molecule has 12 heavy (non-hydrogen) atoms. The van der Waals surface area contributed by atoms with Crippen molar-refractivity contribution in [3.63, 3.8) is 0 Å². The Labute approximate surface area is 75.2 Å². The van der Waals surface area contributed by atoms with E-state index in [1.807, 2.05) is 0 Å². The highest BCUT2D eigenvalue weighted by Gasteiger charge is 2.07. The number of rotatable bonds is 6. The van der Waals surface area contributed by atoms with E-state index in [1.54, 1.807) is 6.92 Å². The summed E-state index contributed by atoms with van der Waals surface area (Å²) in [6.45, 7) is 4.59. The van der Waals surface area contributed by atoms with Crippen LogP contribution >= 0.6 is 0 Å². The van der Waals surface area contributed by atoms with Gasteiger partial charge < -0.3 is 10.4 Å². The van der Waals surface area contributed by atoms with Gasteiger partial charge in [-0.2, -0.15) is 0 Å². The lowest BCUT2D eigenvalue weighted by Gasteiger charge is -2.07. The lowest BCUT2D eigenvalue weighted by molar-refractivity contribution is -0.138. The molecule has 0 fully saturated rings. The predicted octanol–water partition coefficient (Wildman–Crippen LogP) is 1.88. The number of unbranched alkanes of at least 4 members (excludes halogenated alkanes) is 2. The molecule has 0 saturated heterocycles. The minimum absolute atomic E-state index is 0. The predicted molar refractivity (Wildman–Crippen MR) is 51.4 cm³/mol. The first-order valence-corrected chi connectivity index (χ1v) is 4.14. The summed E-state index contributed by atoms with van der Waals surface area (Å²) in [5.41, 5.74) is 0. The molecule has 0 aromatic carbocycles. The molecule has 0 heterocycles. The summed E-state index contributed by atoms with van der Waals surface area (Å²) in [5.74, 6) is -0.776. The lowest BCUT2D eigenvalue weighted by Crippen LogP contribution is -2.34. The Hall–Kier alpha value is -0.570. The lowest BCUT2D eigenvalue weighted by atomic mass is 10.2. The van der Waals surface area contributed by atoms with E-state index in [-0.39, 0.29) is 7.43 Å². The zero-order chi connectivity index (χ0) is 8.69. The van der Waals surface area contributed by atoms with Crippen molar-refractivity contribution in [3.8, 4) is 0 Å². The Bertz CT molecular complexity index is 115. The number of hydrogen-bond acceptors (Lipinski definition) is 2. The Morgan fingerprint density at radius 1 is 1.50 bits per heavy atom. The highest BCUT2D eigenvalue weighted by atomic mass is 16.4. The maximum absolute atomic E-state index is 10.3. The van der Waals surface area contributed by atoms with Crippen molar-refractivity contribution in [1.29, 1.82) is 0 Å². The molecule has 0 amide bonds. The second kappa shape index (κ2) is 8.53. The average Bonchev–Trinajstić information content (AvgIpc) is 1.97. The number of carboxylic acids is 1. The first-order valence-electron chi connectivity index (χ1n) is 4.14. The Kier molecular flexibility index (Phi) is 9.93. The van der Waals surface area contributed by atoms with Crippen LogP contribution in [0, 0.1) is 0 Å². The molecule has 2 N–H and O–H groups in total. The van der Waals surface area contributed by atoms with E-state index >= 15 is 0 Å². The average molecular weight is 175 g/mol. The van der Waals surface area contributed by atoms with Crippen LogP contribution in [0.5, 0.6) is 0 Å². The Morgan fingerprint density at radius 3 is 2.50 bits per heavy atom. The van der Waals surface area contributed by atoms with Crippen molar-refractivity contribution in [2.75, 3.05) is 6.54 Å². The smallest absolute Gasteiger partial charge is 0.320 e. The van der Waals surface area contributed by atoms with E-state index in [0.717, 1.165) is 13.0 Å². The van der Waals surface area contributed by atoms with Gasteiger partial charge in [0.15, 0.2) is 0 Å². The molecule has 1 atom stereocenters. The fourth-order valence-electron chi connectivity index (χ4n) is 0.781. The molecule has 0 saturated carbocycles. The van der Waals surface area contributed by atoms with Crippen LogP contribution in [-0.2, 0) is 4.79 Å². The highest BCUT2D eigenvalue weighted by Crippen LogP contribution is 1.92. The molecule has 0 radical (unpaired) electrons. The number of carbonyl (C=O) groups is 1. The second-order valence-electron chi connectivity index (χ2n) is 2.72. The van der Waals surface area contributed by atoms with E-state index < -0.39 is 12.0 Å². The number of aliphatic carboxylic acids is 1. The normalized spacial score (nSPS) is 11.8. The first-order chi connectivity index (χ1) is 5.18. The summed E-state index contributed by atoms with van der Waals surface area (Å²) < 4.78 is 0. The molecule has 0 aliphatic carbocycles. The molecule has 3 nitrogen and oxygen atoms in total. The van der Waals surface area contributed by atoms with Crippen molar-refractivity contribution in [3.05, 3.63) is 0 Å². The number of carboxylic acid groups (broad SMARTS) is 1. The van der Waals surface area contributed by atoms with Gasteiger partial charge in [-0.25, -0.2) is 0 Å². The summed E-state index contributed by atoms with van der Waals surface area (Å²) in [6, 6.07) is -0.410. The zero-order valence-electron chi connectivity index (χ0n) is 7.26. The van der Waals surface area contributed by atoms with Crippen LogP contribution < -0.4 is 5.32 Å². The van der Waals surface area contributed by atoms with E-state index in [1.165, 1.54) is 12.8 Å². The molecular weight excluding hydrogens is 154 g/mol. The minimum Gasteiger partial charge on any atom is -0.480 e. The quantitative estimate of drug-likeness (QED) is 0.606. The van der Waals surface area contributed by atoms with Gasteiger partial charge in [0.25, 0.3) is 0 Å². The summed E-state index contributed by atoms with van der Waals surface area (Å²) in [7, 11) is 0. The molecular formula is C9H21NO2. The Morgan fingerprint density at radius 2 is 2.08 bits per heavy atom. The van der Waals surface area contributed by atoms with Gasteiger partial charge in [0.2, 0.25) is 0 Å². The summed E-state index contributed by atoms with van der Waals surface area (Å²) >= 11 is 0. The third kappa shape index (κ3) is 7.54. The largest absolute Gasteiger partial charge is 0.480 e. The molecule has 1 unspecified atom stereocenters. The monoisotopic (exact) mass is 175 g/mol. The van der Waals surface area contributed by atoms with Crippen LogP contribution in [-0.4, -0.2) is 23.7 Å². The van der Waals surface area contributed by atoms with Gasteiger partial charge in [-0.15, -0.1) is 0 Å². The van der Waals surface area contributed by atoms with Gasteiger partial charge in [0.05, 0.1) is 0 Å². The second-order valence-corrected chi connectivity index (χ2v) is 2.72. The van der Waals surface area contributed by atoms with Crippen molar-refractivity contribution in [2.24, 2.45) is 0 Å². The van der Waals surface area contributed by atoms with Crippen LogP contribution in [0.25, 0.3) is 0 Å². The molecule has 0 aromatic heterocycles. The topological polar surface area (TPSA) is 49.3 Å². The molecule has 3 heteroatoms. The number of nitrogens with one attached hydrogen (secondary N) is 1. The van der Waals surface area contributed by atoms with E-state index in [2.05, 4.69) is 12.2 Å². The van der Waals surface area contributed by atoms with Gasteiger partial charge in [0, 0.05) is 0 Å². The van der Waals surface area contributed by atoms with Crippen LogP contribution in [0.4, 0.5) is 0 Å². The molecule has 0 aliphatic heterocycles. The molecule has 74 valence electrons. The van der Waals surface area contributed by atoms with Crippen molar-refractivity contribution in [1.82, 2.24) is 5.32 Å². The van der Waals surface area contributed by atoms with Crippen LogP contribution in [0.3, 0.4) is 0 Å². The first kappa shape index (κ1) is 14.0. The van der Waals surface area contributed by atoms with Crippen molar-refractivity contribution >= 4 is 5.97 Å². The maximum atomic E-state index is 10.3.